The zero-order valence-electron chi connectivity index (χ0n) is 27.6. The lowest BCUT2D eigenvalue weighted by Crippen LogP contribution is -2.03. The molecule has 0 spiro atoms. The minimum Gasteiger partial charge on any atom is -0.256 e. The summed E-state index contributed by atoms with van der Waals surface area (Å²) in [5, 5.41) is 10.4. The molecule has 0 aliphatic carbocycles. The third kappa shape index (κ3) is 5.28. The van der Waals surface area contributed by atoms with E-state index in [0.29, 0.717) is 17.5 Å². The predicted molar refractivity (Wildman–Crippen MR) is 209 cm³/mol. The SMILES string of the molecule is C/C=C(\C=C/Cc1cnc2ccccc2c1)c1nc(-c2cc3ccccc3c3ccccc23)nc(-c2cc3ccccc3c3ccccc23)n1. The Balaban J connectivity index is 1.24. The van der Waals surface area contributed by atoms with Crippen LogP contribution >= 0.6 is 0 Å². The summed E-state index contributed by atoms with van der Waals surface area (Å²) in [5.74, 6) is 1.93. The summed E-state index contributed by atoms with van der Waals surface area (Å²) in [6.07, 6.45) is 9.06. The van der Waals surface area contributed by atoms with E-state index >= 15 is 0 Å². The van der Waals surface area contributed by atoms with Crippen LogP contribution in [0, 0.1) is 0 Å². The van der Waals surface area contributed by atoms with Crippen molar-refractivity contribution in [1.82, 2.24) is 19.9 Å². The van der Waals surface area contributed by atoms with Crippen LogP contribution in [0.15, 0.2) is 164 Å². The van der Waals surface area contributed by atoms with Crippen molar-refractivity contribution in [2.45, 2.75) is 13.3 Å². The second-order valence-electron chi connectivity index (χ2n) is 12.6. The van der Waals surface area contributed by atoms with Gasteiger partial charge in [0.15, 0.2) is 17.5 Å². The van der Waals surface area contributed by atoms with Crippen molar-refractivity contribution < 1.29 is 0 Å². The highest BCUT2D eigenvalue weighted by Crippen LogP contribution is 2.37. The van der Waals surface area contributed by atoms with Crippen LogP contribution in [0.4, 0.5) is 0 Å². The fraction of sp³-hybridized carbons (Fsp3) is 0.0435. The summed E-state index contributed by atoms with van der Waals surface area (Å²) in [6.45, 7) is 2.04. The number of hydrogen-bond donors (Lipinski definition) is 0. The standard InChI is InChI=1S/C46H32N4/c1-2-31(18-13-14-30-26-34-17-5-12-25-43(34)47-29-30)44-48-45(41-27-32-15-3-6-19-35(32)37-21-8-10-23-39(37)41)50-46(49-44)42-28-33-16-4-7-20-36(33)38-22-9-11-24-40(38)42/h2-13,15-29H,14H2,1H3/b18-13-,31-2+. The number of allylic oxidation sites excluding steroid dienone is 4. The Morgan fingerprint density at radius 2 is 1.02 bits per heavy atom. The van der Waals surface area contributed by atoms with E-state index in [4.69, 9.17) is 15.0 Å². The van der Waals surface area contributed by atoms with E-state index in [0.717, 1.165) is 61.1 Å². The molecule has 9 rings (SSSR count). The quantitative estimate of drug-likeness (QED) is 0.134. The molecule has 2 aromatic heterocycles. The van der Waals surface area contributed by atoms with Crippen LogP contribution in [0.3, 0.4) is 0 Å². The fourth-order valence-electron chi connectivity index (χ4n) is 7.07. The molecular weight excluding hydrogens is 609 g/mol. The Hall–Kier alpha value is -6.52. The Bertz CT molecular complexity index is 2680. The van der Waals surface area contributed by atoms with Gasteiger partial charge in [0.25, 0.3) is 0 Å². The molecule has 4 heteroatoms. The van der Waals surface area contributed by atoms with Gasteiger partial charge in [-0.1, -0.05) is 133 Å². The van der Waals surface area contributed by atoms with E-state index in [-0.39, 0.29) is 0 Å². The third-order valence-electron chi connectivity index (χ3n) is 9.52. The van der Waals surface area contributed by atoms with Crippen molar-refractivity contribution in [2.75, 3.05) is 0 Å². The van der Waals surface area contributed by atoms with E-state index in [1.807, 2.05) is 25.3 Å². The maximum atomic E-state index is 5.28. The second kappa shape index (κ2) is 12.5. The van der Waals surface area contributed by atoms with Crippen molar-refractivity contribution in [2.24, 2.45) is 0 Å². The summed E-state index contributed by atoms with van der Waals surface area (Å²) in [5.41, 5.74) is 5.05. The Morgan fingerprint density at radius 3 is 1.60 bits per heavy atom. The summed E-state index contributed by atoms with van der Waals surface area (Å²) in [6, 6.07) is 49.0. The average Bonchev–Trinajstić information content (AvgIpc) is 3.18. The van der Waals surface area contributed by atoms with Gasteiger partial charge in [0.1, 0.15) is 0 Å². The van der Waals surface area contributed by atoms with E-state index in [1.54, 1.807) is 0 Å². The Kier molecular flexibility index (Phi) is 7.40. The molecule has 0 unspecified atom stereocenters. The van der Waals surface area contributed by atoms with Crippen LogP contribution in [0.2, 0.25) is 0 Å². The number of aromatic nitrogens is 4. The van der Waals surface area contributed by atoms with Crippen LogP contribution in [0.5, 0.6) is 0 Å². The van der Waals surface area contributed by atoms with Gasteiger partial charge in [0, 0.05) is 28.3 Å². The highest BCUT2D eigenvalue weighted by molar-refractivity contribution is 6.14. The summed E-state index contributed by atoms with van der Waals surface area (Å²) < 4.78 is 0. The number of benzene rings is 7. The first-order valence-electron chi connectivity index (χ1n) is 17.0. The number of para-hydroxylation sites is 1. The minimum absolute atomic E-state index is 0.634. The van der Waals surface area contributed by atoms with Gasteiger partial charge in [-0.15, -0.1) is 0 Å². The molecule has 9 aromatic rings. The molecular formula is C46H32N4. The highest BCUT2D eigenvalue weighted by Gasteiger charge is 2.18. The lowest BCUT2D eigenvalue weighted by atomic mass is 9.96. The molecule has 7 aromatic carbocycles. The maximum absolute atomic E-state index is 5.28. The Labute approximate surface area is 290 Å². The lowest BCUT2D eigenvalue weighted by molar-refractivity contribution is 1.04. The largest absolute Gasteiger partial charge is 0.256 e. The van der Waals surface area contributed by atoms with Gasteiger partial charge < -0.3 is 0 Å². The average molecular weight is 641 g/mol. The second-order valence-corrected chi connectivity index (χ2v) is 12.6. The van der Waals surface area contributed by atoms with Gasteiger partial charge in [0.05, 0.1) is 5.52 Å². The number of nitrogens with zero attached hydrogens (tertiary/aromatic N) is 4. The van der Waals surface area contributed by atoms with Crippen LogP contribution in [-0.2, 0) is 6.42 Å². The molecule has 0 bridgehead atoms. The summed E-state index contributed by atoms with van der Waals surface area (Å²) >= 11 is 0. The third-order valence-corrected chi connectivity index (χ3v) is 9.52. The molecule has 2 heterocycles. The molecule has 50 heavy (non-hydrogen) atoms. The monoisotopic (exact) mass is 640 g/mol. The topological polar surface area (TPSA) is 51.6 Å². The van der Waals surface area contributed by atoms with E-state index < -0.39 is 0 Å². The summed E-state index contributed by atoms with van der Waals surface area (Å²) in [7, 11) is 0. The van der Waals surface area contributed by atoms with Crippen LogP contribution in [0.25, 0.3) is 82.3 Å². The first kappa shape index (κ1) is 29.6. The van der Waals surface area contributed by atoms with Crippen molar-refractivity contribution in [1.29, 1.82) is 0 Å². The summed E-state index contributed by atoms with van der Waals surface area (Å²) in [4.78, 5) is 20.4. The highest BCUT2D eigenvalue weighted by atomic mass is 15.0. The maximum Gasteiger partial charge on any atom is 0.164 e. The Morgan fingerprint density at radius 1 is 0.520 bits per heavy atom. The molecule has 4 nitrogen and oxygen atoms in total. The zero-order valence-corrected chi connectivity index (χ0v) is 27.6. The first-order chi connectivity index (χ1) is 24.7. The predicted octanol–water partition coefficient (Wildman–Crippen LogP) is 11.6. The first-order valence-corrected chi connectivity index (χ1v) is 17.0. The molecule has 0 fully saturated rings. The molecule has 0 N–H and O–H groups in total. The van der Waals surface area contributed by atoms with Crippen molar-refractivity contribution in [3.8, 4) is 22.8 Å². The van der Waals surface area contributed by atoms with Gasteiger partial charge in [-0.2, -0.15) is 0 Å². The van der Waals surface area contributed by atoms with Crippen molar-refractivity contribution in [3.05, 3.63) is 175 Å². The zero-order chi connectivity index (χ0) is 33.4. The number of hydrogen-bond acceptors (Lipinski definition) is 4. The normalized spacial score (nSPS) is 12.2. The molecule has 236 valence electrons. The van der Waals surface area contributed by atoms with Crippen molar-refractivity contribution in [3.63, 3.8) is 0 Å². The van der Waals surface area contributed by atoms with Crippen LogP contribution < -0.4 is 0 Å². The lowest BCUT2D eigenvalue weighted by Gasteiger charge is -2.14. The minimum atomic E-state index is 0.634. The van der Waals surface area contributed by atoms with Crippen LogP contribution in [-0.4, -0.2) is 19.9 Å². The molecule has 0 saturated carbocycles. The van der Waals surface area contributed by atoms with E-state index in [1.165, 1.54) is 21.5 Å². The number of pyridine rings is 1. The molecule has 0 aliphatic heterocycles. The van der Waals surface area contributed by atoms with Crippen molar-refractivity contribution >= 4 is 59.6 Å². The fourth-order valence-corrected chi connectivity index (χ4v) is 7.07. The van der Waals surface area contributed by atoms with E-state index in [2.05, 4.69) is 151 Å². The molecule has 0 amide bonds. The molecule has 0 saturated heterocycles. The number of fused-ring (bicyclic) bond motifs is 7. The molecule has 0 aliphatic rings. The van der Waals surface area contributed by atoms with E-state index in [9.17, 15) is 0 Å². The van der Waals surface area contributed by atoms with Gasteiger partial charge >= 0.3 is 0 Å². The van der Waals surface area contributed by atoms with Gasteiger partial charge in [-0.25, -0.2) is 15.0 Å². The van der Waals surface area contributed by atoms with Gasteiger partial charge in [-0.05, 0) is 86.3 Å². The van der Waals surface area contributed by atoms with Gasteiger partial charge in [0.2, 0.25) is 0 Å². The number of rotatable bonds is 6. The van der Waals surface area contributed by atoms with Gasteiger partial charge in [-0.3, -0.25) is 4.98 Å². The molecule has 0 atom stereocenters. The van der Waals surface area contributed by atoms with Crippen LogP contribution in [0.1, 0.15) is 18.3 Å². The molecule has 0 radical (unpaired) electrons. The smallest absolute Gasteiger partial charge is 0.164 e.